The summed E-state index contributed by atoms with van der Waals surface area (Å²) >= 11 is 0. The smallest absolute Gasteiger partial charge is 0.251 e. The number of fused-ring (bicyclic) bond motifs is 4. The lowest BCUT2D eigenvalue weighted by atomic mass is 9.78. The number of nitrogens with one attached hydrogen (secondary N) is 3. The van der Waals surface area contributed by atoms with Crippen molar-refractivity contribution in [3.63, 3.8) is 0 Å². The van der Waals surface area contributed by atoms with Crippen molar-refractivity contribution in [2.75, 3.05) is 11.9 Å². The minimum absolute atomic E-state index is 0.120. The lowest BCUT2D eigenvalue weighted by molar-refractivity contribution is -0.137. The number of carbonyl (C=O) groups excluding carboxylic acids is 2. The van der Waals surface area contributed by atoms with Crippen molar-refractivity contribution in [1.82, 2.24) is 20.2 Å². The van der Waals surface area contributed by atoms with Gasteiger partial charge in [-0.3, -0.25) is 19.3 Å². The molecule has 2 amide bonds. The molecule has 0 bridgehead atoms. The Balaban J connectivity index is 1.48. The van der Waals surface area contributed by atoms with E-state index in [0.29, 0.717) is 17.9 Å². The first-order chi connectivity index (χ1) is 14.0. The number of aromatic amines is 1. The quantitative estimate of drug-likeness (QED) is 0.722. The zero-order valence-corrected chi connectivity index (χ0v) is 16.2. The molecule has 150 valence electrons. The molecule has 29 heavy (non-hydrogen) atoms. The molecular weight excluding hydrogens is 370 g/mol. The highest BCUT2D eigenvalue weighted by Crippen LogP contribution is 2.55. The van der Waals surface area contributed by atoms with Crippen LogP contribution in [0.3, 0.4) is 0 Å². The van der Waals surface area contributed by atoms with Gasteiger partial charge < -0.3 is 15.6 Å². The molecule has 3 atom stereocenters. The summed E-state index contributed by atoms with van der Waals surface area (Å²) in [5, 5.41) is 5.90. The number of aryl methyl sites for hydroxylation is 1. The van der Waals surface area contributed by atoms with E-state index < -0.39 is 11.5 Å². The van der Waals surface area contributed by atoms with Crippen LogP contribution in [0.5, 0.6) is 0 Å². The molecule has 2 fully saturated rings. The Hall–Kier alpha value is -3.00. The van der Waals surface area contributed by atoms with Gasteiger partial charge in [-0.1, -0.05) is 18.2 Å². The van der Waals surface area contributed by atoms with E-state index >= 15 is 0 Å². The third-order valence-electron chi connectivity index (χ3n) is 6.44. The largest absolute Gasteiger partial charge is 0.349 e. The minimum Gasteiger partial charge on any atom is -0.349 e. The van der Waals surface area contributed by atoms with Gasteiger partial charge in [-0.25, -0.2) is 4.98 Å². The van der Waals surface area contributed by atoms with E-state index in [1.807, 2.05) is 24.3 Å². The van der Waals surface area contributed by atoms with Crippen LogP contribution >= 0.6 is 0 Å². The van der Waals surface area contributed by atoms with E-state index in [1.165, 1.54) is 6.07 Å². The molecule has 0 unspecified atom stereocenters. The number of hydrogen-bond donors (Lipinski definition) is 3. The molecular formula is C21H23N5O3. The third kappa shape index (κ3) is 2.62. The molecule has 3 N–H and O–H groups in total. The number of H-pyrrole nitrogens is 1. The minimum atomic E-state index is -0.963. The first-order valence-corrected chi connectivity index (χ1v) is 10.0. The fourth-order valence-corrected chi connectivity index (χ4v) is 5.40. The van der Waals surface area contributed by atoms with E-state index in [1.54, 1.807) is 6.92 Å². The number of nitrogens with zero attached hydrogens (tertiary/aromatic N) is 2. The van der Waals surface area contributed by atoms with Gasteiger partial charge in [0.2, 0.25) is 11.8 Å². The predicted molar refractivity (Wildman–Crippen MR) is 106 cm³/mol. The number of hydrogen-bond acceptors (Lipinski definition) is 5. The fraction of sp³-hybridized carbons (Fsp3) is 0.429. The second-order valence-electron chi connectivity index (χ2n) is 8.10. The molecule has 0 aliphatic carbocycles. The Morgan fingerprint density at radius 1 is 1.34 bits per heavy atom. The average Bonchev–Trinajstić information content (AvgIpc) is 3.34. The van der Waals surface area contributed by atoms with Crippen molar-refractivity contribution < 1.29 is 9.59 Å². The van der Waals surface area contributed by atoms with Gasteiger partial charge in [-0.15, -0.1) is 0 Å². The maximum absolute atomic E-state index is 13.3. The molecule has 1 aromatic carbocycles. The summed E-state index contributed by atoms with van der Waals surface area (Å²) in [7, 11) is 0. The summed E-state index contributed by atoms with van der Waals surface area (Å²) < 4.78 is 0. The molecule has 0 radical (unpaired) electrons. The first kappa shape index (κ1) is 18.1. The highest BCUT2D eigenvalue weighted by molar-refractivity contribution is 6.09. The van der Waals surface area contributed by atoms with Crippen LogP contribution in [0, 0.1) is 12.8 Å². The second kappa shape index (κ2) is 6.52. The number of aromatic nitrogens is 2. The number of carbonyl (C=O) groups is 2. The molecule has 2 aromatic rings. The van der Waals surface area contributed by atoms with Gasteiger partial charge in [0.05, 0.1) is 12.5 Å². The number of amides is 2. The van der Waals surface area contributed by atoms with E-state index in [0.717, 1.165) is 30.6 Å². The first-order valence-electron chi connectivity index (χ1n) is 10.0. The lowest BCUT2D eigenvalue weighted by Crippen LogP contribution is -2.54. The van der Waals surface area contributed by atoms with E-state index in [2.05, 4.69) is 25.5 Å². The van der Waals surface area contributed by atoms with Gasteiger partial charge in [0.25, 0.3) is 5.56 Å². The molecule has 0 saturated carbocycles. The van der Waals surface area contributed by atoms with E-state index in [-0.39, 0.29) is 30.0 Å². The third-order valence-corrected chi connectivity index (χ3v) is 6.44. The second-order valence-corrected chi connectivity index (χ2v) is 8.10. The molecule has 1 spiro atoms. The molecule has 3 aliphatic heterocycles. The molecule has 8 nitrogen and oxygen atoms in total. The maximum Gasteiger partial charge on any atom is 0.251 e. The van der Waals surface area contributed by atoms with Crippen molar-refractivity contribution in [3.8, 4) is 0 Å². The molecule has 5 rings (SSSR count). The van der Waals surface area contributed by atoms with Crippen LogP contribution in [0.2, 0.25) is 0 Å². The molecule has 2 saturated heterocycles. The number of anilines is 1. The number of benzene rings is 1. The van der Waals surface area contributed by atoms with Crippen LogP contribution in [0.4, 0.5) is 5.69 Å². The summed E-state index contributed by atoms with van der Waals surface area (Å²) in [6.07, 6.45) is 2.67. The van der Waals surface area contributed by atoms with Gasteiger partial charge in [0.15, 0.2) is 0 Å². The normalized spacial score (nSPS) is 27.7. The van der Waals surface area contributed by atoms with Crippen molar-refractivity contribution >= 4 is 17.5 Å². The monoisotopic (exact) mass is 393 g/mol. The van der Waals surface area contributed by atoms with Gasteiger partial charge in [0, 0.05) is 29.1 Å². The summed E-state index contributed by atoms with van der Waals surface area (Å²) in [5.74, 6) is -0.388. The Morgan fingerprint density at radius 3 is 3.00 bits per heavy atom. The van der Waals surface area contributed by atoms with Gasteiger partial charge in [-0.2, -0.15) is 0 Å². The molecule has 4 heterocycles. The molecule has 1 aromatic heterocycles. The van der Waals surface area contributed by atoms with Crippen LogP contribution in [-0.4, -0.2) is 39.3 Å². The van der Waals surface area contributed by atoms with Crippen molar-refractivity contribution in [2.24, 2.45) is 5.92 Å². The molecule has 3 aliphatic rings. The zero-order valence-electron chi connectivity index (χ0n) is 16.2. The van der Waals surface area contributed by atoms with Crippen molar-refractivity contribution in [1.29, 1.82) is 0 Å². The Morgan fingerprint density at radius 2 is 2.17 bits per heavy atom. The van der Waals surface area contributed by atoms with Gasteiger partial charge >= 0.3 is 0 Å². The van der Waals surface area contributed by atoms with E-state index in [9.17, 15) is 14.4 Å². The maximum atomic E-state index is 13.3. The summed E-state index contributed by atoms with van der Waals surface area (Å²) in [5.41, 5.74) is 1.06. The highest BCUT2D eigenvalue weighted by atomic mass is 16.2. The van der Waals surface area contributed by atoms with Crippen LogP contribution < -0.4 is 16.2 Å². The number of para-hydroxylation sites is 1. The zero-order chi connectivity index (χ0) is 20.2. The van der Waals surface area contributed by atoms with Crippen LogP contribution in [0.15, 0.2) is 35.1 Å². The Labute approximate surface area is 167 Å². The van der Waals surface area contributed by atoms with E-state index in [4.69, 9.17) is 0 Å². The average molecular weight is 393 g/mol. The Kier molecular flexibility index (Phi) is 4.06. The van der Waals surface area contributed by atoms with Crippen LogP contribution in [0.25, 0.3) is 0 Å². The fourth-order valence-electron chi connectivity index (χ4n) is 5.40. The van der Waals surface area contributed by atoms with Crippen molar-refractivity contribution in [2.45, 2.75) is 44.3 Å². The Bertz CT molecular complexity index is 1060. The summed E-state index contributed by atoms with van der Waals surface area (Å²) in [6.45, 7) is 2.67. The summed E-state index contributed by atoms with van der Waals surface area (Å²) in [4.78, 5) is 47.4. The topological polar surface area (TPSA) is 107 Å². The number of rotatable bonds is 3. The predicted octanol–water partition coefficient (Wildman–Crippen LogP) is 1.03. The van der Waals surface area contributed by atoms with Gasteiger partial charge in [0.1, 0.15) is 11.4 Å². The standard InChI is InChI=1S/C21H23N5O3/c1-12-9-18(27)25-17(23-12)11-22-19(28)15-10-13-5-4-8-26(13)21(15)14-6-2-3-7-16(14)24-20(21)29/h2-3,6-7,9,13,15H,4-5,8,10-11H2,1H3,(H,22,28)(H,24,29)(H,23,25,27)/t13-,15+,21+/m1/s1. The SMILES string of the molecule is Cc1cc(=O)[nH]c(CNC(=O)[C@@H]2C[C@H]3CCCN3[C@]23C(=O)Nc2ccccc23)n1. The highest BCUT2D eigenvalue weighted by Gasteiger charge is 2.65. The van der Waals surface area contributed by atoms with Crippen LogP contribution in [0.1, 0.15) is 36.3 Å². The summed E-state index contributed by atoms with van der Waals surface area (Å²) in [6, 6.07) is 9.28. The van der Waals surface area contributed by atoms with Gasteiger partial charge in [-0.05, 0) is 38.8 Å². The van der Waals surface area contributed by atoms with Crippen molar-refractivity contribution in [3.05, 3.63) is 57.8 Å². The lowest BCUT2D eigenvalue weighted by Gasteiger charge is -2.36. The molecule has 8 heteroatoms. The van der Waals surface area contributed by atoms with Crippen LogP contribution in [-0.2, 0) is 21.7 Å².